The number of fused-ring (bicyclic) bond motifs is 1. The summed E-state index contributed by atoms with van der Waals surface area (Å²) in [5.41, 5.74) is 0.339. The molecule has 0 unspecified atom stereocenters. The summed E-state index contributed by atoms with van der Waals surface area (Å²) in [6.07, 6.45) is -2.90. The molecule has 0 aliphatic rings. The number of benzene rings is 2. The number of hydrogen-bond donors (Lipinski definition) is 1. The third kappa shape index (κ3) is 4.02. The summed E-state index contributed by atoms with van der Waals surface area (Å²) in [6.45, 7) is 1.69. The second kappa shape index (κ2) is 7.67. The van der Waals surface area contributed by atoms with E-state index in [4.69, 9.17) is 0 Å². The molecule has 156 valence electrons. The van der Waals surface area contributed by atoms with Crippen LogP contribution in [0, 0.1) is 6.92 Å². The second-order valence-electron chi connectivity index (χ2n) is 6.75. The molecule has 0 bridgehead atoms. The van der Waals surface area contributed by atoms with Crippen molar-refractivity contribution in [2.45, 2.75) is 13.1 Å². The van der Waals surface area contributed by atoms with Crippen LogP contribution in [-0.2, 0) is 6.18 Å². The quantitative estimate of drug-likeness (QED) is 0.530. The maximum atomic E-state index is 12.8. The predicted octanol–water partition coefficient (Wildman–Crippen LogP) is 4.36. The van der Waals surface area contributed by atoms with E-state index in [1.807, 2.05) is 0 Å². The number of halogens is 3. The first-order valence-electron chi connectivity index (χ1n) is 9.17. The number of nitrogens with zero attached hydrogens (tertiary/aromatic N) is 3. The Kier molecular flexibility index (Phi) is 5.02. The summed E-state index contributed by atoms with van der Waals surface area (Å²) < 4.78 is 39.4. The molecule has 1 amide bonds. The summed E-state index contributed by atoms with van der Waals surface area (Å²) in [4.78, 5) is 33.6. The van der Waals surface area contributed by atoms with Gasteiger partial charge in [0, 0.05) is 17.4 Å². The van der Waals surface area contributed by atoms with Crippen molar-refractivity contribution >= 4 is 22.6 Å². The smallest absolute Gasteiger partial charge is 0.322 e. The molecule has 0 aliphatic heterocycles. The Morgan fingerprint density at radius 2 is 1.68 bits per heavy atom. The van der Waals surface area contributed by atoms with E-state index in [0.29, 0.717) is 28.2 Å². The van der Waals surface area contributed by atoms with Gasteiger partial charge < -0.3 is 5.32 Å². The molecule has 0 aliphatic carbocycles. The Balaban J connectivity index is 1.57. The van der Waals surface area contributed by atoms with E-state index >= 15 is 0 Å². The first-order chi connectivity index (χ1) is 14.7. The minimum Gasteiger partial charge on any atom is -0.322 e. The lowest BCUT2D eigenvalue weighted by Crippen LogP contribution is -2.22. The number of carbonyl (C=O) groups is 1. The number of nitrogens with one attached hydrogen (secondary N) is 1. The third-order valence-electron chi connectivity index (χ3n) is 4.67. The third-order valence-corrected chi connectivity index (χ3v) is 4.67. The fourth-order valence-corrected chi connectivity index (χ4v) is 3.14. The predicted molar refractivity (Wildman–Crippen MR) is 109 cm³/mol. The zero-order valence-electron chi connectivity index (χ0n) is 16.1. The molecule has 0 radical (unpaired) electrons. The van der Waals surface area contributed by atoms with Crippen LogP contribution in [0.3, 0.4) is 0 Å². The number of aromatic nitrogens is 3. The topological polar surface area (TPSA) is 76.9 Å². The van der Waals surface area contributed by atoms with Crippen LogP contribution in [0.25, 0.3) is 16.7 Å². The van der Waals surface area contributed by atoms with Crippen LogP contribution < -0.4 is 10.9 Å². The molecule has 2 heterocycles. The van der Waals surface area contributed by atoms with E-state index in [1.54, 1.807) is 49.5 Å². The minimum absolute atomic E-state index is 0.0929. The number of anilines is 1. The Labute approximate surface area is 174 Å². The van der Waals surface area contributed by atoms with Gasteiger partial charge in [0.2, 0.25) is 0 Å². The molecule has 4 aromatic rings. The van der Waals surface area contributed by atoms with E-state index < -0.39 is 17.6 Å². The van der Waals surface area contributed by atoms with Gasteiger partial charge in [-0.25, -0.2) is 9.97 Å². The summed E-state index contributed by atoms with van der Waals surface area (Å²) in [7, 11) is 0. The average molecular weight is 424 g/mol. The molecule has 1 N–H and O–H groups in total. The van der Waals surface area contributed by atoms with Crippen LogP contribution in [-0.4, -0.2) is 20.4 Å². The summed E-state index contributed by atoms with van der Waals surface area (Å²) in [5, 5.41) is 3.00. The fourth-order valence-electron chi connectivity index (χ4n) is 3.14. The molecule has 6 nitrogen and oxygen atoms in total. The van der Waals surface area contributed by atoms with Gasteiger partial charge >= 0.3 is 6.18 Å². The van der Waals surface area contributed by atoms with Crippen molar-refractivity contribution in [3.8, 4) is 5.69 Å². The van der Waals surface area contributed by atoms with Gasteiger partial charge in [-0.3, -0.25) is 14.2 Å². The zero-order chi connectivity index (χ0) is 22.2. The molecule has 2 aromatic heterocycles. The van der Waals surface area contributed by atoms with Crippen molar-refractivity contribution in [3.05, 3.63) is 94.2 Å². The lowest BCUT2D eigenvalue weighted by Gasteiger charge is -2.12. The first-order valence-corrected chi connectivity index (χ1v) is 9.17. The number of rotatable bonds is 3. The molecule has 0 spiro atoms. The monoisotopic (exact) mass is 424 g/mol. The Bertz CT molecular complexity index is 1330. The average Bonchev–Trinajstić information content (AvgIpc) is 2.74. The van der Waals surface area contributed by atoms with E-state index in [0.717, 1.165) is 24.3 Å². The number of pyridine rings is 1. The molecule has 0 fully saturated rings. The maximum Gasteiger partial charge on any atom is 0.416 e. The van der Waals surface area contributed by atoms with Crippen LogP contribution in [0.1, 0.15) is 21.7 Å². The van der Waals surface area contributed by atoms with Gasteiger partial charge in [0.1, 0.15) is 5.82 Å². The van der Waals surface area contributed by atoms with Gasteiger partial charge in [0.25, 0.3) is 11.5 Å². The number of hydrogen-bond acceptors (Lipinski definition) is 4. The first kappa shape index (κ1) is 20.3. The molecular formula is C22H15F3N4O2. The normalized spacial score (nSPS) is 11.5. The number of alkyl halides is 3. The molecule has 0 saturated heterocycles. The van der Waals surface area contributed by atoms with Crippen LogP contribution in [0.5, 0.6) is 0 Å². The van der Waals surface area contributed by atoms with Crippen molar-refractivity contribution in [3.63, 3.8) is 0 Å². The SMILES string of the molecule is Cc1nc2ncccc2c(=O)n1-c1ccc(NC(=O)c2ccc(C(F)(F)F)cc2)cc1. The van der Waals surface area contributed by atoms with Crippen molar-refractivity contribution in [1.82, 2.24) is 14.5 Å². The molecular weight excluding hydrogens is 409 g/mol. The lowest BCUT2D eigenvalue weighted by molar-refractivity contribution is -0.137. The second-order valence-corrected chi connectivity index (χ2v) is 6.75. The van der Waals surface area contributed by atoms with Gasteiger partial charge in [0.15, 0.2) is 5.65 Å². The van der Waals surface area contributed by atoms with Gasteiger partial charge in [0.05, 0.1) is 16.6 Å². The van der Waals surface area contributed by atoms with Crippen molar-refractivity contribution in [2.75, 3.05) is 5.32 Å². The van der Waals surface area contributed by atoms with Crippen LogP contribution >= 0.6 is 0 Å². The van der Waals surface area contributed by atoms with E-state index in [9.17, 15) is 22.8 Å². The van der Waals surface area contributed by atoms with Gasteiger partial charge in [-0.15, -0.1) is 0 Å². The highest BCUT2D eigenvalue weighted by Gasteiger charge is 2.30. The Morgan fingerprint density at radius 1 is 1.00 bits per heavy atom. The summed E-state index contributed by atoms with van der Waals surface area (Å²) >= 11 is 0. The highest BCUT2D eigenvalue weighted by atomic mass is 19.4. The summed E-state index contributed by atoms with van der Waals surface area (Å²) in [5.74, 6) is -0.0917. The highest BCUT2D eigenvalue weighted by Crippen LogP contribution is 2.29. The van der Waals surface area contributed by atoms with Gasteiger partial charge in [-0.2, -0.15) is 13.2 Å². The molecule has 4 rings (SSSR count). The zero-order valence-corrected chi connectivity index (χ0v) is 16.1. The Hall–Kier alpha value is -4.01. The van der Waals surface area contributed by atoms with Crippen molar-refractivity contribution < 1.29 is 18.0 Å². The standard InChI is InChI=1S/C22H15F3N4O2/c1-13-27-19-18(3-2-12-26-19)21(31)29(13)17-10-8-16(9-11-17)28-20(30)14-4-6-15(7-5-14)22(23,24)25/h2-12H,1H3,(H,28,30). The minimum atomic E-state index is -4.46. The lowest BCUT2D eigenvalue weighted by atomic mass is 10.1. The van der Waals surface area contributed by atoms with E-state index in [-0.39, 0.29) is 11.1 Å². The number of amides is 1. The van der Waals surface area contributed by atoms with Crippen LogP contribution in [0.2, 0.25) is 0 Å². The number of aryl methyl sites for hydroxylation is 1. The van der Waals surface area contributed by atoms with E-state index in [1.165, 1.54) is 4.57 Å². The van der Waals surface area contributed by atoms with Crippen molar-refractivity contribution in [2.24, 2.45) is 0 Å². The molecule has 9 heteroatoms. The molecule has 2 aromatic carbocycles. The maximum absolute atomic E-state index is 12.8. The number of carbonyl (C=O) groups excluding carboxylic acids is 1. The molecule has 0 saturated carbocycles. The van der Waals surface area contributed by atoms with Gasteiger partial charge in [-0.1, -0.05) is 0 Å². The van der Waals surface area contributed by atoms with Crippen LogP contribution in [0.15, 0.2) is 71.7 Å². The highest BCUT2D eigenvalue weighted by molar-refractivity contribution is 6.04. The van der Waals surface area contributed by atoms with E-state index in [2.05, 4.69) is 15.3 Å². The largest absolute Gasteiger partial charge is 0.416 e. The van der Waals surface area contributed by atoms with Gasteiger partial charge in [-0.05, 0) is 67.6 Å². The Morgan fingerprint density at radius 3 is 2.32 bits per heavy atom. The molecule has 0 atom stereocenters. The molecule has 31 heavy (non-hydrogen) atoms. The van der Waals surface area contributed by atoms with Crippen LogP contribution in [0.4, 0.5) is 18.9 Å². The summed E-state index contributed by atoms with van der Waals surface area (Å²) in [6, 6.07) is 13.7. The van der Waals surface area contributed by atoms with Crippen molar-refractivity contribution in [1.29, 1.82) is 0 Å². The fraction of sp³-hybridized carbons (Fsp3) is 0.0909.